The molecule has 3 fully saturated rings. The Morgan fingerprint density at radius 1 is 1.29 bits per heavy atom. The van der Waals surface area contributed by atoms with Crippen molar-refractivity contribution >= 4 is 15.9 Å². The number of aryl methyl sites for hydroxylation is 1. The maximum absolute atomic E-state index is 13.0. The lowest BCUT2D eigenvalue weighted by atomic mass is 9.75. The van der Waals surface area contributed by atoms with Crippen molar-refractivity contribution in [3.05, 3.63) is 11.7 Å². The molecule has 3 aliphatic rings. The second-order valence-corrected chi connectivity index (χ2v) is 11.3. The third-order valence-corrected chi connectivity index (χ3v) is 8.32. The van der Waals surface area contributed by atoms with Gasteiger partial charge in [0.25, 0.3) is 0 Å². The van der Waals surface area contributed by atoms with Gasteiger partial charge in [0.15, 0.2) is 5.82 Å². The van der Waals surface area contributed by atoms with Crippen LogP contribution >= 0.6 is 0 Å². The predicted molar refractivity (Wildman–Crippen MR) is 103 cm³/mol. The number of nitrogens with zero attached hydrogens (tertiary/aromatic N) is 3. The van der Waals surface area contributed by atoms with E-state index in [-0.39, 0.29) is 23.3 Å². The molecule has 1 aliphatic heterocycles. The first-order chi connectivity index (χ1) is 13.1. The standard InChI is InChI=1S/C19H30N4O4S/c1-13-20-17(27-22-13)19-10-15(9-14(19)11-23(12-19)28(3,25)26)21-16(24)18(2)7-5-4-6-8-18/h14-15H,4-12H2,1-3H3,(H,21,24)/t14?,15-,19+/m1/s1. The van der Waals surface area contributed by atoms with Crippen LogP contribution in [0, 0.1) is 18.3 Å². The summed E-state index contributed by atoms with van der Waals surface area (Å²) in [6.45, 7) is 4.60. The molecule has 8 nitrogen and oxygen atoms in total. The Morgan fingerprint density at radius 3 is 2.61 bits per heavy atom. The Kier molecular flexibility index (Phi) is 4.81. The van der Waals surface area contributed by atoms with Gasteiger partial charge < -0.3 is 9.84 Å². The van der Waals surface area contributed by atoms with E-state index in [1.54, 1.807) is 6.92 Å². The molecule has 0 bridgehead atoms. The molecule has 2 aliphatic carbocycles. The van der Waals surface area contributed by atoms with E-state index in [1.807, 2.05) is 0 Å². The second kappa shape index (κ2) is 6.79. The van der Waals surface area contributed by atoms with Gasteiger partial charge in [0.05, 0.1) is 11.7 Å². The zero-order chi connectivity index (χ0) is 20.2. The molecule has 1 aromatic heterocycles. The molecule has 1 aromatic rings. The molecule has 156 valence electrons. The third-order valence-electron chi connectivity index (χ3n) is 7.11. The van der Waals surface area contributed by atoms with Crippen molar-refractivity contribution in [2.45, 2.75) is 70.3 Å². The summed E-state index contributed by atoms with van der Waals surface area (Å²) in [6.07, 6.45) is 7.88. The number of rotatable bonds is 4. The first-order valence-corrected chi connectivity index (χ1v) is 12.0. The molecule has 3 atom stereocenters. The molecule has 4 rings (SSSR count). The molecule has 0 radical (unpaired) electrons. The van der Waals surface area contributed by atoms with E-state index >= 15 is 0 Å². The third kappa shape index (κ3) is 3.36. The van der Waals surface area contributed by atoms with Crippen LogP contribution in [0.4, 0.5) is 0 Å². The van der Waals surface area contributed by atoms with Crippen molar-refractivity contribution < 1.29 is 17.7 Å². The van der Waals surface area contributed by atoms with E-state index in [0.29, 0.717) is 31.2 Å². The molecule has 0 spiro atoms. The van der Waals surface area contributed by atoms with Crippen LogP contribution < -0.4 is 5.32 Å². The van der Waals surface area contributed by atoms with E-state index in [4.69, 9.17) is 4.52 Å². The Balaban J connectivity index is 1.55. The lowest BCUT2D eigenvalue weighted by Gasteiger charge is -2.33. The zero-order valence-corrected chi connectivity index (χ0v) is 17.7. The van der Waals surface area contributed by atoms with E-state index in [9.17, 15) is 13.2 Å². The molecule has 1 saturated heterocycles. The summed E-state index contributed by atoms with van der Waals surface area (Å²) in [5, 5.41) is 7.21. The SMILES string of the molecule is Cc1noc([C@]23C[C@H](NC(=O)C4(C)CCCCC4)CC2CN(S(C)(=O)=O)C3)n1. The average molecular weight is 411 g/mol. The average Bonchev–Trinajstić information content (AvgIpc) is 3.27. The van der Waals surface area contributed by atoms with Crippen molar-refractivity contribution in [1.82, 2.24) is 19.8 Å². The monoisotopic (exact) mass is 410 g/mol. The van der Waals surface area contributed by atoms with Gasteiger partial charge in [0.1, 0.15) is 0 Å². The lowest BCUT2D eigenvalue weighted by Crippen LogP contribution is -2.45. The number of fused-ring (bicyclic) bond motifs is 1. The molecule has 28 heavy (non-hydrogen) atoms. The minimum atomic E-state index is -3.30. The quantitative estimate of drug-likeness (QED) is 0.811. The summed E-state index contributed by atoms with van der Waals surface area (Å²) >= 11 is 0. The van der Waals surface area contributed by atoms with E-state index < -0.39 is 15.4 Å². The Morgan fingerprint density at radius 2 is 2.00 bits per heavy atom. The fraction of sp³-hybridized carbons (Fsp3) is 0.842. The minimum absolute atomic E-state index is 0.00479. The summed E-state index contributed by atoms with van der Waals surface area (Å²) < 4.78 is 31.3. The summed E-state index contributed by atoms with van der Waals surface area (Å²) in [5.74, 6) is 1.24. The first-order valence-electron chi connectivity index (χ1n) is 10.2. The normalized spacial score (nSPS) is 33.0. The Hall–Kier alpha value is -1.48. The van der Waals surface area contributed by atoms with Gasteiger partial charge in [-0.1, -0.05) is 31.3 Å². The molecule has 9 heteroatoms. The number of sulfonamides is 1. The number of carbonyl (C=O) groups is 1. The number of aromatic nitrogens is 2. The van der Waals surface area contributed by atoms with Crippen LogP contribution in [0.2, 0.25) is 0 Å². The molecule has 1 N–H and O–H groups in total. The lowest BCUT2D eigenvalue weighted by molar-refractivity contribution is -0.132. The minimum Gasteiger partial charge on any atom is -0.353 e. The van der Waals surface area contributed by atoms with Crippen molar-refractivity contribution in [2.75, 3.05) is 19.3 Å². The fourth-order valence-corrected chi connectivity index (χ4v) is 6.35. The fourth-order valence-electron chi connectivity index (χ4n) is 5.44. The van der Waals surface area contributed by atoms with Gasteiger partial charge in [-0.25, -0.2) is 12.7 Å². The van der Waals surface area contributed by atoms with Crippen LogP contribution in [0.1, 0.15) is 63.6 Å². The zero-order valence-electron chi connectivity index (χ0n) is 16.9. The maximum atomic E-state index is 13.0. The van der Waals surface area contributed by atoms with Gasteiger partial charge in [-0.05, 0) is 38.5 Å². The van der Waals surface area contributed by atoms with Crippen molar-refractivity contribution in [2.24, 2.45) is 11.3 Å². The second-order valence-electron chi connectivity index (χ2n) is 9.29. The number of hydrogen-bond donors (Lipinski definition) is 1. The smallest absolute Gasteiger partial charge is 0.234 e. The van der Waals surface area contributed by atoms with Crippen molar-refractivity contribution in [1.29, 1.82) is 0 Å². The molecule has 0 aromatic carbocycles. The highest BCUT2D eigenvalue weighted by Crippen LogP contribution is 2.51. The van der Waals surface area contributed by atoms with Crippen LogP contribution in [0.15, 0.2) is 4.52 Å². The molecule has 2 heterocycles. The topological polar surface area (TPSA) is 105 Å². The largest absolute Gasteiger partial charge is 0.353 e. The first kappa shape index (κ1) is 19.8. The molecular weight excluding hydrogens is 380 g/mol. The highest BCUT2D eigenvalue weighted by Gasteiger charge is 2.59. The van der Waals surface area contributed by atoms with E-state index in [2.05, 4.69) is 22.4 Å². The summed E-state index contributed by atoms with van der Waals surface area (Å²) in [6, 6.07) is 0.00479. The Labute approximate surface area is 166 Å². The number of amides is 1. The predicted octanol–water partition coefficient (Wildman–Crippen LogP) is 1.76. The van der Waals surface area contributed by atoms with Crippen molar-refractivity contribution in [3.63, 3.8) is 0 Å². The Bertz CT molecular complexity index is 861. The highest BCUT2D eigenvalue weighted by atomic mass is 32.2. The molecule has 1 unspecified atom stereocenters. The number of hydrogen-bond acceptors (Lipinski definition) is 6. The summed E-state index contributed by atoms with van der Waals surface area (Å²) in [5.41, 5.74) is -0.807. The van der Waals surface area contributed by atoms with Crippen LogP contribution in [-0.4, -0.2) is 54.2 Å². The molecular formula is C19H30N4O4S. The van der Waals surface area contributed by atoms with E-state index in [0.717, 1.165) is 32.1 Å². The van der Waals surface area contributed by atoms with Gasteiger partial charge in [0, 0.05) is 24.5 Å². The van der Waals surface area contributed by atoms with Gasteiger partial charge >= 0.3 is 0 Å². The summed E-state index contributed by atoms with van der Waals surface area (Å²) in [7, 11) is -3.30. The van der Waals surface area contributed by atoms with Crippen LogP contribution in [-0.2, 0) is 20.2 Å². The van der Waals surface area contributed by atoms with Crippen molar-refractivity contribution in [3.8, 4) is 0 Å². The van der Waals surface area contributed by atoms with Crippen LogP contribution in [0.5, 0.6) is 0 Å². The van der Waals surface area contributed by atoms with Gasteiger partial charge in [-0.15, -0.1) is 0 Å². The summed E-state index contributed by atoms with van der Waals surface area (Å²) in [4.78, 5) is 17.4. The van der Waals surface area contributed by atoms with Crippen LogP contribution in [0.3, 0.4) is 0 Å². The molecule has 2 saturated carbocycles. The number of nitrogens with one attached hydrogen (secondary N) is 1. The maximum Gasteiger partial charge on any atom is 0.234 e. The highest BCUT2D eigenvalue weighted by molar-refractivity contribution is 7.88. The number of carbonyl (C=O) groups excluding carboxylic acids is 1. The van der Waals surface area contributed by atoms with Gasteiger partial charge in [-0.2, -0.15) is 4.98 Å². The molecule has 1 amide bonds. The van der Waals surface area contributed by atoms with Gasteiger partial charge in [0.2, 0.25) is 21.8 Å². The van der Waals surface area contributed by atoms with Crippen LogP contribution in [0.25, 0.3) is 0 Å². The van der Waals surface area contributed by atoms with Gasteiger partial charge in [-0.3, -0.25) is 4.79 Å². The van der Waals surface area contributed by atoms with E-state index in [1.165, 1.54) is 17.0 Å².